The molecule has 1 unspecified atom stereocenters. The maximum Gasteiger partial charge on any atom is 0.185 e. The van der Waals surface area contributed by atoms with Gasteiger partial charge in [-0.05, 0) is 12.7 Å². The van der Waals surface area contributed by atoms with Gasteiger partial charge in [-0.2, -0.15) is 11.8 Å². The van der Waals surface area contributed by atoms with Crippen LogP contribution in [-0.4, -0.2) is 34.7 Å². The van der Waals surface area contributed by atoms with E-state index in [0.717, 1.165) is 28.3 Å². The van der Waals surface area contributed by atoms with Crippen molar-refractivity contribution in [2.24, 2.45) is 0 Å². The van der Waals surface area contributed by atoms with Crippen molar-refractivity contribution in [3.8, 4) is 0 Å². The van der Waals surface area contributed by atoms with Crippen molar-refractivity contribution in [3.05, 3.63) is 11.1 Å². The third-order valence-corrected chi connectivity index (χ3v) is 4.54. The third-order valence-electron chi connectivity index (χ3n) is 2.45. The van der Waals surface area contributed by atoms with E-state index < -0.39 is 0 Å². The van der Waals surface area contributed by atoms with Gasteiger partial charge in [0, 0.05) is 24.5 Å². The van der Waals surface area contributed by atoms with Crippen LogP contribution in [0.15, 0.2) is 6.20 Å². The van der Waals surface area contributed by atoms with Crippen LogP contribution in [0.1, 0.15) is 11.3 Å². The van der Waals surface area contributed by atoms with Gasteiger partial charge in [0.1, 0.15) is 0 Å². The number of thioether (sulfide) groups is 1. The highest BCUT2D eigenvalue weighted by Gasteiger charge is 2.23. The summed E-state index contributed by atoms with van der Waals surface area (Å²) in [5.74, 6) is 0. The largest absolute Gasteiger partial charge is 0.391 e. The highest BCUT2D eigenvalue weighted by Crippen LogP contribution is 2.29. The number of aromatic nitrogens is 1. The van der Waals surface area contributed by atoms with Crippen LogP contribution in [0, 0.1) is 0 Å². The van der Waals surface area contributed by atoms with Gasteiger partial charge in [0.15, 0.2) is 5.13 Å². The zero-order valence-corrected chi connectivity index (χ0v) is 9.77. The van der Waals surface area contributed by atoms with Gasteiger partial charge in [0.05, 0.1) is 11.5 Å². The molecule has 2 heterocycles. The van der Waals surface area contributed by atoms with E-state index in [1.807, 2.05) is 11.8 Å². The second-order valence-corrected chi connectivity index (χ2v) is 5.59. The van der Waals surface area contributed by atoms with Gasteiger partial charge >= 0.3 is 0 Å². The SMILES string of the molecule is CSC1CCN(c2ncc(CO)s2)C1. The Morgan fingerprint density at radius 1 is 1.79 bits per heavy atom. The lowest BCUT2D eigenvalue weighted by Crippen LogP contribution is -2.19. The molecule has 1 aliphatic rings. The first-order chi connectivity index (χ1) is 6.83. The summed E-state index contributed by atoms with van der Waals surface area (Å²) in [6.45, 7) is 2.31. The van der Waals surface area contributed by atoms with E-state index in [2.05, 4.69) is 16.1 Å². The highest BCUT2D eigenvalue weighted by atomic mass is 32.2. The number of hydrogen-bond donors (Lipinski definition) is 1. The van der Waals surface area contributed by atoms with E-state index in [9.17, 15) is 0 Å². The van der Waals surface area contributed by atoms with Crippen LogP contribution >= 0.6 is 23.1 Å². The van der Waals surface area contributed by atoms with E-state index in [-0.39, 0.29) is 6.61 Å². The maximum absolute atomic E-state index is 8.94. The summed E-state index contributed by atoms with van der Waals surface area (Å²) in [5, 5.41) is 10.7. The van der Waals surface area contributed by atoms with Crippen molar-refractivity contribution in [1.29, 1.82) is 0 Å². The van der Waals surface area contributed by atoms with E-state index in [0.29, 0.717) is 0 Å². The Morgan fingerprint density at radius 2 is 2.64 bits per heavy atom. The fourth-order valence-electron chi connectivity index (χ4n) is 1.61. The van der Waals surface area contributed by atoms with Gasteiger partial charge in [-0.15, -0.1) is 0 Å². The molecule has 0 saturated carbocycles. The standard InChI is InChI=1S/C9H14N2OS2/c1-13-7-2-3-11(5-7)9-10-4-8(6-12)14-9/h4,7,12H,2-3,5-6H2,1H3. The number of hydrogen-bond acceptors (Lipinski definition) is 5. The van der Waals surface area contributed by atoms with Gasteiger partial charge in [-0.1, -0.05) is 11.3 Å². The van der Waals surface area contributed by atoms with Crippen molar-refractivity contribution >= 4 is 28.2 Å². The first-order valence-corrected chi connectivity index (χ1v) is 6.77. The van der Waals surface area contributed by atoms with E-state index in [1.165, 1.54) is 6.42 Å². The molecule has 3 nitrogen and oxygen atoms in total. The Morgan fingerprint density at radius 3 is 3.21 bits per heavy atom. The van der Waals surface area contributed by atoms with Crippen LogP contribution < -0.4 is 4.90 Å². The molecule has 2 rings (SSSR count). The molecule has 1 saturated heterocycles. The second kappa shape index (κ2) is 4.51. The molecule has 1 aromatic rings. The molecule has 0 amide bonds. The lowest BCUT2D eigenvalue weighted by molar-refractivity contribution is 0.285. The van der Waals surface area contributed by atoms with E-state index in [4.69, 9.17) is 5.11 Å². The lowest BCUT2D eigenvalue weighted by atomic mass is 10.4. The number of nitrogens with zero attached hydrogens (tertiary/aromatic N) is 2. The molecule has 0 radical (unpaired) electrons. The summed E-state index contributed by atoms with van der Waals surface area (Å²) >= 11 is 3.53. The summed E-state index contributed by atoms with van der Waals surface area (Å²) in [6, 6.07) is 0. The molecular weight excluding hydrogens is 216 g/mol. The third kappa shape index (κ3) is 2.04. The molecule has 5 heteroatoms. The molecule has 1 aliphatic heterocycles. The minimum absolute atomic E-state index is 0.109. The molecule has 0 aromatic carbocycles. The number of thiazole rings is 1. The van der Waals surface area contributed by atoms with E-state index in [1.54, 1.807) is 17.5 Å². The average molecular weight is 230 g/mol. The topological polar surface area (TPSA) is 36.4 Å². The van der Waals surface area contributed by atoms with Crippen LogP contribution in [0.25, 0.3) is 0 Å². The van der Waals surface area contributed by atoms with Crippen LogP contribution in [-0.2, 0) is 6.61 Å². The van der Waals surface area contributed by atoms with Gasteiger partial charge in [0.25, 0.3) is 0 Å². The van der Waals surface area contributed by atoms with Crippen molar-refractivity contribution in [1.82, 2.24) is 4.98 Å². The summed E-state index contributed by atoms with van der Waals surface area (Å²) in [7, 11) is 0. The Hall–Kier alpha value is -0.260. The monoisotopic (exact) mass is 230 g/mol. The summed E-state index contributed by atoms with van der Waals surface area (Å²) in [6.07, 6.45) is 5.18. The number of aliphatic hydroxyl groups is 1. The lowest BCUT2D eigenvalue weighted by Gasteiger charge is -2.13. The molecule has 1 fully saturated rings. The van der Waals surface area contributed by atoms with Crippen LogP contribution in [0.3, 0.4) is 0 Å². The van der Waals surface area contributed by atoms with Crippen LogP contribution in [0.4, 0.5) is 5.13 Å². The first-order valence-electron chi connectivity index (χ1n) is 4.67. The molecule has 0 bridgehead atoms. The summed E-state index contributed by atoms with van der Waals surface area (Å²) < 4.78 is 0. The fourth-order valence-corrected chi connectivity index (χ4v) is 3.09. The minimum atomic E-state index is 0.109. The maximum atomic E-state index is 8.94. The van der Waals surface area contributed by atoms with Gasteiger partial charge < -0.3 is 10.0 Å². The molecule has 1 N–H and O–H groups in total. The van der Waals surface area contributed by atoms with Crippen LogP contribution in [0.2, 0.25) is 0 Å². The Bertz CT molecular complexity index is 303. The fraction of sp³-hybridized carbons (Fsp3) is 0.667. The average Bonchev–Trinajstić information content (AvgIpc) is 2.86. The normalized spacial score (nSPS) is 21.9. The quantitative estimate of drug-likeness (QED) is 0.855. The predicted molar refractivity (Wildman–Crippen MR) is 62.2 cm³/mol. The summed E-state index contributed by atoms with van der Waals surface area (Å²) in [5.41, 5.74) is 0. The molecule has 1 aromatic heterocycles. The van der Waals surface area contributed by atoms with Crippen molar-refractivity contribution in [2.45, 2.75) is 18.3 Å². The predicted octanol–water partition coefficient (Wildman–Crippen LogP) is 1.58. The molecule has 1 atom stereocenters. The van der Waals surface area contributed by atoms with Gasteiger partial charge in [-0.3, -0.25) is 0 Å². The van der Waals surface area contributed by atoms with Crippen molar-refractivity contribution in [3.63, 3.8) is 0 Å². The zero-order valence-electron chi connectivity index (χ0n) is 8.14. The highest BCUT2D eigenvalue weighted by molar-refractivity contribution is 7.99. The molecule has 14 heavy (non-hydrogen) atoms. The molecule has 0 aliphatic carbocycles. The number of rotatable bonds is 3. The van der Waals surface area contributed by atoms with Gasteiger partial charge in [-0.25, -0.2) is 4.98 Å². The number of aliphatic hydroxyl groups excluding tert-OH is 1. The first kappa shape index (κ1) is 10.3. The molecular formula is C9H14N2OS2. The van der Waals surface area contributed by atoms with Crippen molar-refractivity contribution < 1.29 is 5.11 Å². The number of anilines is 1. The smallest absolute Gasteiger partial charge is 0.185 e. The van der Waals surface area contributed by atoms with Crippen LogP contribution in [0.5, 0.6) is 0 Å². The Labute approximate surface area is 92.2 Å². The Kier molecular flexibility index (Phi) is 3.30. The van der Waals surface area contributed by atoms with Gasteiger partial charge in [0.2, 0.25) is 0 Å². The Balaban J connectivity index is 2.02. The van der Waals surface area contributed by atoms with Crippen molar-refractivity contribution in [2.75, 3.05) is 24.2 Å². The minimum Gasteiger partial charge on any atom is -0.391 e. The molecule has 0 spiro atoms. The molecule has 78 valence electrons. The second-order valence-electron chi connectivity index (χ2n) is 3.36. The van der Waals surface area contributed by atoms with E-state index >= 15 is 0 Å². The summed E-state index contributed by atoms with van der Waals surface area (Å²) in [4.78, 5) is 7.57. The zero-order chi connectivity index (χ0) is 9.97.